The molecule has 0 spiro atoms. The molecule has 0 aliphatic rings. The summed E-state index contributed by atoms with van der Waals surface area (Å²) in [6.07, 6.45) is 1.67. The number of pyridine rings is 1. The van der Waals surface area contributed by atoms with Gasteiger partial charge in [0.1, 0.15) is 40.3 Å². The molecule has 30 heavy (non-hydrogen) atoms. The van der Waals surface area contributed by atoms with E-state index in [0.717, 1.165) is 18.2 Å². The zero-order valence-electron chi connectivity index (χ0n) is 16.1. The number of amides is 1. The van der Waals surface area contributed by atoms with Gasteiger partial charge in [0.25, 0.3) is 5.91 Å². The van der Waals surface area contributed by atoms with Gasteiger partial charge in [-0.25, -0.2) is 13.8 Å². The number of benzene rings is 2. The Hall–Kier alpha value is -3.94. The number of fused-ring (bicyclic) bond motifs is 1. The van der Waals surface area contributed by atoms with E-state index in [1.54, 1.807) is 47.0 Å². The lowest BCUT2D eigenvalue weighted by molar-refractivity contribution is 0.102. The second-order valence-corrected chi connectivity index (χ2v) is 6.42. The van der Waals surface area contributed by atoms with Gasteiger partial charge in [-0.1, -0.05) is 6.07 Å². The minimum Gasteiger partial charge on any atom is -0.497 e. The van der Waals surface area contributed by atoms with Crippen molar-refractivity contribution in [2.75, 3.05) is 19.5 Å². The molecule has 1 N–H and O–H groups in total. The van der Waals surface area contributed by atoms with Gasteiger partial charge >= 0.3 is 0 Å². The van der Waals surface area contributed by atoms with E-state index in [1.807, 2.05) is 0 Å². The Balaban J connectivity index is 1.83. The van der Waals surface area contributed by atoms with Crippen molar-refractivity contribution in [1.29, 1.82) is 0 Å². The first kappa shape index (κ1) is 19.4. The Morgan fingerprint density at radius 3 is 2.43 bits per heavy atom. The molecule has 6 nitrogen and oxygen atoms in total. The van der Waals surface area contributed by atoms with Crippen LogP contribution in [-0.2, 0) is 0 Å². The van der Waals surface area contributed by atoms with Crippen molar-refractivity contribution in [3.8, 4) is 22.8 Å². The number of nitrogens with one attached hydrogen (secondary N) is 1. The van der Waals surface area contributed by atoms with Crippen molar-refractivity contribution >= 4 is 17.4 Å². The van der Waals surface area contributed by atoms with Gasteiger partial charge in [0, 0.05) is 23.4 Å². The molecule has 4 aromatic rings. The summed E-state index contributed by atoms with van der Waals surface area (Å²) in [6.45, 7) is 0. The number of hydrogen-bond acceptors (Lipinski definition) is 4. The fourth-order valence-corrected chi connectivity index (χ4v) is 3.10. The third kappa shape index (κ3) is 3.55. The molecule has 0 atom stereocenters. The molecular formula is C22H17F2N3O3. The third-order valence-electron chi connectivity index (χ3n) is 4.56. The number of nitrogens with zero attached hydrogens (tertiary/aromatic N) is 2. The van der Waals surface area contributed by atoms with Gasteiger partial charge < -0.3 is 14.8 Å². The normalized spacial score (nSPS) is 10.8. The van der Waals surface area contributed by atoms with Gasteiger partial charge in [-0.15, -0.1) is 0 Å². The van der Waals surface area contributed by atoms with Gasteiger partial charge in [0.15, 0.2) is 0 Å². The summed E-state index contributed by atoms with van der Waals surface area (Å²) < 4.78 is 40.3. The quantitative estimate of drug-likeness (QED) is 0.525. The van der Waals surface area contributed by atoms with Crippen molar-refractivity contribution in [2.45, 2.75) is 0 Å². The number of ether oxygens (including phenoxy) is 2. The van der Waals surface area contributed by atoms with Crippen LogP contribution in [0.25, 0.3) is 16.9 Å². The molecule has 0 fully saturated rings. The lowest BCUT2D eigenvalue weighted by Crippen LogP contribution is -2.14. The fraction of sp³-hybridized carbons (Fsp3) is 0.0909. The highest BCUT2D eigenvalue weighted by Crippen LogP contribution is 2.32. The van der Waals surface area contributed by atoms with Crippen molar-refractivity contribution < 1.29 is 23.0 Å². The molecule has 0 aliphatic carbocycles. The van der Waals surface area contributed by atoms with Crippen LogP contribution in [0.1, 0.15) is 10.4 Å². The molecule has 0 aliphatic heterocycles. The number of carbonyl (C=O) groups is 1. The molecule has 152 valence electrons. The number of imidazole rings is 1. The van der Waals surface area contributed by atoms with E-state index >= 15 is 0 Å². The lowest BCUT2D eigenvalue weighted by Gasteiger charge is -2.11. The summed E-state index contributed by atoms with van der Waals surface area (Å²) in [7, 11) is 2.96. The van der Waals surface area contributed by atoms with Gasteiger partial charge in [-0.3, -0.25) is 9.20 Å². The highest BCUT2D eigenvalue weighted by atomic mass is 19.1. The number of carbonyl (C=O) groups excluding carboxylic acids is 1. The highest BCUT2D eigenvalue weighted by molar-refractivity contribution is 6.06. The van der Waals surface area contributed by atoms with Gasteiger partial charge in [-0.2, -0.15) is 0 Å². The highest BCUT2D eigenvalue weighted by Gasteiger charge is 2.21. The minimum absolute atomic E-state index is 0.0581. The molecule has 8 heteroatoms. The van der Waals surface area contributed by atoms with Crippen LogP contribution in [0, 0.1) is 11.6 Å². The van der Waals surface area contributed by atoms with Gasteiger partial charge in [-0.05, 0) is 42.5 Å². The summed E-state index contributed by atoms with van der Waals surface area (Å²) in [6, 6.07) is 13.0. The lowest BCUT2D eigenvalue weighted by atomic mass is 10.1. The Morgan fingerprint density at radius 2 is 1.73 bits per heavy atom. The Labute approximate surface area is 170 Å². The number of methoxy groups -OCH3 is 2. The van der Waals surface area contributed by atoms with Crippen LogP contribution in [0.5, 0.6) is 11.5 Å². The van der Waals surface area contributed by atoms with Crippen molar-refractivity contribution in [1.82, 2.24) is 9.38 Å². The molecule has 0 bridgehead atoms. The Bertz CT molecular complexity index is 1230. The predicted molar refractivity (Wildman–Crippen MR) is 108 cm³/mol. The number of hydrogen-bond donors (Lipinski definition) is 1. The molecule has 0 unspecified atom stereocenters. The summed E-state index contributed by atoms with van der Waals surface area (Å²) in [5.74, 6) is -0.669. The minimum atomic E-state index is -0.654. The molecule has 4 rings (SSSR count). The van der Waals surface area contributed by atoms with Gasteiger partial charge in [0.2, 0.25) is 0 Å². The standard InChI is InChI=1S/C22H17F2N3O3/c1-29-15-9-13(10-16(12-15)30-2)22(28)26-21-20(17-11-14(23)6-7-18(17)24)25-19-5-3-4-8-27(19)21/h3-12H,1-2H3,(H,26,28). The first-order valence-corrected chi connectivity index (χ1v) is 8.97. The van der Waals surface area contributed by atoms with Crippen LogP contribution in [0.15, 0.2) is 60.8 Å². The predicted octanol–water partition coefficient (Wildman–Crippen LogP) is 4.55. The van der Waals surface area contributed by atoms with Crippen LogP contribution in [-0.4, -0.2) is 29.5 Å². The first-order valence-electron chi connectivity index (χ1n) is 8.97. The van der Waals surface area contributed by atoms with Crippen LogP contribution < -0.4 is 14.8 Å². The van der Waals surface area contributed by atoms with E-state index in [0.29, 0.717) is 17.1 Å². The molecular weight excluding hydrogens is 392 g/mol. The number of anilines is 1. The summed E-state index contributed by atoms with van der Waals surface area (Å²) in [4.78, 5) is 17.4. The maximum Gasteiger partial charge on any atom is 0.257 e. The second-order valence-electron chi connectivity index (χ2n) is 6.42. The summed E-state index contributed by atoms with van der Waals surface area (Å²) >= 11 is 0. The average molecular weight is 409 g/mol. The Morgan fingerprint density at radius 1 is 1.00 bits per heavy atom. The van der Waals surface area contributed by atoms with Crippen LogP contribution >= 0.6 is 0 Å². The van der Waals surface area contributed by atoms with E-state index in [2.05, 4.69) is 10.3 Å². The van der Waals surface area contributed by atoms with Crippen molar-refractivity contribution in [2.24, 2.45) is 0 Å². The smallest absolute Gasteiger partial charge is 0.257 e. The Kier molecular flexibility index (Phi) is 5.05. The van der Waals surface area contributed by atoms with E-state index in [1.165, 1.54) is 14.2 Å². The van der Waals surface area contributed by atoms with E-state index < -0.39 is 17.5 Å². The number of aromatic nitrogens is 2. The average Bonchev–Trinajstić information content (AvgIpc) is 3.13. The summed E-state index contributed by atoms with van der Waals surface area (Å²) in [5.41, 5.74) is 0.788. The SMILES string of the molecule is COc1cc(OC)cc(C(=O)Nc2c(-c3cc(F)ccc3F)nc3ccccn23)c1. The molecule has 2 heterocycles. The zero-order chi connectivity index (χ0) is 21.3. The van der Waals surface area contributed by atoms with Crippen LogP contribution in [0.3, 0.4) is 0 Å². The zero-order valence-corrected chi connectivity index (χ0v) is 16.1. The molecule has 0 saturated carbocycles. The van der Waals surface area contributed by atoms with E-state index in [9.17, 15) is 13.6 Å². The first-order chi connectivity index (χ1) is 14.5. The number of halogens is 2. The molecule has 2 aromatic heterocycles. The molecule has 0 radical (unpaired) electrons. The monoisotopic (exact) mass is 409 g/mol. The third-order valence-corrected chi connectivity index (χ3v) is 4.56. The fourth-order valence-electron chi connectivity index (χ4n) is 3.10. The van der Waals surface area contributed by atoms with Crippen molar-refractivity contribution in [3.63, 3.8) is 0 Å². The maximum absolute atomic E-state index is 14.5. The van der Waals surface area contributed by atoms with E-state index in [-0.39, 0.29) is 22.6 Å². The van der Waals surface area contributed by atoms with Gasteiger partial charge in [0.05, 0.1) is 14.2 Å². The topological polar surface area (TPSA) is 64.9 Å². The second kappa shape index (κ2) is 7.82. The maximum atomic E-state index is 14.5. The molecule has 2 aromatic carbocycles. The summed E-state index contributed by atoms with van der Waals surface area (Å²) in [5, 5.41) is 2.76. The molecule has 0 saturated heterocycles. The van der Waals surface area contributed by atoms with Crippen LogP contribution in [0.4, 0.5) is 14.6 Å². The van der Waals surface area contributed by atoms with E-state index in [4.69, 9.17) is 9.47 Å². The van der Waals surface area contributed by atoms with Crippen molar-refractivity contribution in [3.05, 3.63) is 78.0 Å². The largest absolute Gasteiger partial charge is 0.497 e. The number of rotatable bonds is 5. The molecule has 1 amide bonds. The van der Waals surface area contributed by atoms with Crippen LogP contribution in [0.2, 0.25) is 0 Å².